The van der Waals surface area contributed by atoms with E-state index in [4.69, 9.17) is 9.47 Å². The second kappa shape index (κ2) is 14.5. The number of aliphatic hydroxyl groups excluding tert-OH is 1. The second-order valence-corrected chi connectivity index (χ2v) is 10.6. The molecule has 0 spiro atoms. The molecule has 1 aliphatic rings. The molecule has 2 N–H and O–H groups in total. The number of esters is 1. The molecule has 2 aromatic rings. The lowest BCUT2D eigenvalue weighted by molar-refractivity contribution is -0.155. The van der Waals surface area contributed by atoms with Crippen LogP contribution in [0.5, 0.6) is 0 Å². The van der Waals surface area contributed by atoms with Crippen LogP contribution in [0.1, 0.15) is 56.7 Å². The molecule has 3 amide bonds. The van der Waals surface area contributed by atoms with E-state index in [1.165, 1.54) is 11.0 Å². The van der Waals surface area contributed by atoms with E-state index in [1.807, 2.05) is 30.3 Å². The summed E-state index contributed by atoms with van der Waals surface area (Å²) in [5.41, 5.74) is 0.502. The highest BCUT2D eigenvalue weighted by Gasteiger charge is 2.32. The summed E-state index contributed by atoms with van der Waals surface area (Å²) < 4.78 is 10.4. The predicted molar refractivity (Wildman–Crippen MR) is 150 cm³/mol. The zero-order valence-electron chi connectivity index (χ0n) is 24.1. The van der Waals surface area contributed by atoms with Crippen LogP contribution in [0.15, 0.2) is 36.4 Å². The molecule has 0 aliphatic carbocycles. The van der Waals surface area contributed by atoms with Gasteiger partial charge in [0, 0.05) is 56.9 Å². The number of benzene rings is 1. The minimum atomic E-state index is -1.04. The molecule has 1 fully saturated rings. The van der Waals surface area contributed by atoms with E-state index in [1.54, 1.807) is 32.6 Å². The molecule has 41 heavy (non-hydrogen) atoms. The number of amides is 3. The molecular formula is C29H39N5O7. The minimum Gasteiger partial charge on any atom is -0.460 e. The normalized spacial score (nSPS) is 14.3. The maximum absolute atomic E-state index is 13.6. The van der Waals surface area contributed by atoms with E-state index in [-0.39, 0.29) is 70.3 Å². The lowest BCUT2D eigenvalue weighted by Crippen LogP contribution is -2.56. The number of aliphatic hydroxyl groups is 1. The third-order valence-corrected chi connectivity index (χ3v) is 6.19. The first-order chi connectivity index (χ1) is 19.5. The van der Waals surface area contributed by atoms with Crippen molar-refractivity contribution in [1.82, 2.24) is 25.1 Å². The molecule has 222 valence electrons. The molecule has 1 unspecified atom stereocenters. The van der Waals surface area contributed by atoms with Crippen molar-refractivity contribution in [1.29, 1.82) is 0 Å². The van der Waals surface area contributed by atoms with Crippen LogP contribution < -0.4 is 5.32 Å². The number of rotatable bonds is 10. The number of carbonyl (C=O) groups excluding carboxylic acids is 4. The number of nitrogens with one attached hydrogen (secondary N) is 1. The highest BCUT2D eigenvalue weighted by molar-refractivity contribution is 5.96. The van der Waals surface area contributed by atoms with Crippen LogP contribution in [-0.2, 0) is 25.5 Å². The molecule has 12 nitrogen and oxygen atoms in total. The highest BCUT2D eigenvalue weighted by atomic mass is 16.6. The van der Waals surface area contributed by atoms with Crippen molar-refractivity contribution in [2.24, 2.45) is 0 Å². The van der Waals surface area contributed by atoms with Crippen molar-refractivity contribution in [3.8, 4) is 11.4 Å². The lowest BCUT2D eigenvalue weighted by Gasteiger charge is -2.36. The van der Waals surface area contributed by atoms with Crippen LogP contribution in [0, 0.1) is 0 Å². The average Bonchev–Trinajstić information content (AvgIpc) is 2.94. The first-order valence-electron chi connectivity index (χ1n) is 13.8. The fraction of sp³-hybridized carbons (Fsp3) is 0.517. The van der Waals surface area contributed by atoms with Crippen LogP contribution >= 0.6 is 0 Å². The van der Waals surface area contributed by atoms with Gasteiger partial charge in [-0.1, -0.05) is 30.3 Å². The van der Waals surface area contributed by atoms with Crippen molar-refractivity contribution < 1.29 is 33.8 Å². The van der Waals surface area contributed by atoms with E-state index < -0.39 is 29.6 Å². The molecule has 12 heteroatoms. The smallest absolute Gasteiger partial charge is 0.409 e. The van der Waals surface area contributed by atoms with E-state index in [2.05, 4.69) is 15.3 Å². The molecule has 1 aromatic carbocycles. The number of hydrogen-bond donors (Lipinski definition) is 2. The average molecular weight is 570 g/mol. The van der Waals surface area contributed by atoms with Gasteiger partial charge in [-0.25, -0.2) is 14.8 Å². The van der Waals surface area contributed by atoms with Gasteiger partial charge in [0.15, 0.2) is 5.82 Å². The van der Waals surface area contributed by atoms with E-state index in [0.717, 1.165) is 0 Å². The summed E-state index contributed by atoms with van der Waals surface area (Å²) >= 11 is 0. The molecule has 0 saturated carbocycles. The molecule has 3 rings (SSSR count). The van der Waals surface area contributed by atoms with Gasteiger partial charge in [-0.2, -0.15) is 0 Å². The second-order valence-electron chi connectivity index (χ2n) is 10.6. The summed E-state index contributed by atoms with van der Waals surface area (Å²) in [6.45, 7) is 8.15. The zero-order valence-corrected chi connectivity index (χ0v) is 24.1. The number of carbonyl (C=O) groups is 4. The van der Waals surface area contributed by atoms with Gasteiger partial charge in [0.1, 0.15) is 17.3 Å². The first kappa shape index (κ1) is 31.5. The van der Waals surface area contributed by atoms with E-state index >= 15 is 0 Å². The summed E-state index contributed by atoms with van der Waals surface area (Å²) in [6.07, 6.45) is -0.302. The number of aromatic nitrogens is 2. The Labute approximate surface area is 240 Å². The summed E-state index contributed by atoms with van der Waals surface area (Å²) in [4.78, 5) is 63.5. The largest absolute Gasteiger partial charge is 0.460 e. The zero-order chi connectivity index (χ0) is 30.0. The van der Waals surface area contributed by atoms with Gasteiger partial charge in [-0.05, 0) is 40.2 Å². The monoisotopic (exact) mass is 569 g/mol. The molecule has 2 heterocycles. The molecule has 0 bridgehead atoms. The molecule has 1 saturated heterocycles. The maximum Gasteiger partial charge on any atom is 0.409 e. The quantitative estimate of drug-likeness (QED) is 0.410. The van der Waals surface area contributed by atoms with Gasteiger partial charge in [-0.3, -0.25) is 14.4 Å². The van der Waals surface area contributed by atoms with Crippen molar-refractivity contribution in [3.05, 3.63) is 47.8 Å². The summed E-state index contributed by atoms with van der Waals surface area (Å²) in [7, 11) is 0. The molecule has 1 aliphatic heterocycles. The summed E-state index contributed by atoms with van der Waals surface area (Å²) in [5, 5.41) is 12.2. The fourth-order valence-electron chi connectivity index (χ4n) is 4.26. The van der Waals surface area contributed by atoms with Crippen LogP contribution in [-0.4, -0.2) is 99.8 Å². The number of nitrogens with zero attached hydrogens (tertiary/aromatic N) is 4. The third-order valence-electron chi connectivity index (χ3n) is 6.19. The third kappa shape index (κ3) is 9.52. The van der Waals surface area contributed by atoms with E-state index in [9.17, 15) is 24.3 Å². The van der Waals surface area contributed by atoms with Gasteiger partial charge in [0.2, 0.25) is 5.91 Å². The van der Waals surface area contributed by atoms with Crippen LogP contribution in [0.25, 0.3) is 11.4 Å². The molecule has 0 radical (unpaired) electrons. The van der Waals surface area contributed by atoms with Crippen molar-refractivity contribution in [2.45, 2.75) is 58.6 Å². The Kier molecular flexibility index (Phi) is 11.2. The van der Waals surface area contributed by atoms with Crippen LogP contribution in [0.2, 0.25) is 0 Å². The van der Waals surface area contributed by atoms with Crippen molar-refractivity contribution in [3.63, 3.8) is 0 Å². The Morgan fingerprint density at radius 3 is 2.29 bits per heavy atom. The Morgan fingerprint density at radius 1 is 1.02 bits per heavy atom. The molecule has 1 atom stereocenters. The summed E-state index contributed by atoms with van der Waals surface area (Å²) in [6, 6.07) is 9.55. The summed E-state index contributed by atoms with van der Waals surface area (Å²) in [5.74, 6) is -1.17. The van der Waals surface area contributed by atoms with Gasteiger partial charge in [-0.15, -0.1) is 0 Å². The van der Waals surface area contributed by atoms with Gasteiger partial charge >= 0.3 is 12.1 Å². The SMILES string of the molecule is CCOC(=O)N1CCN(C(=O)C(CCC(=O)OC(C)(C)C)NC(=O)c2cc(CCO)nc(-c3ccccc3)n2)CC1. The van der Waals surface area contributed by atoms with E-state index in [0.29, 0.717) is 17.1 Å². The Hall–Kier alpha value is -4.06. The Morgan fingerprint density at radius 2 is 1.68 bits per heavy atom. The minimum absolute atomic E-state index is 0.0116. The van der Waals surface area contributed by atoms with Gasteiger partial charge in [0.25, 0.3) is 5.91 Å². The Balaban J connectivity index is 1.80. The predicted octanol–water partition coefficient (Wildman–Crippen LogP) is 2.20. The lowest BCUT2D eigenvalue weighted by atomic mass is 10.1. The standard InChI is InChI=1S/C29H39N5O7/c1-5-40-28(39)34-16-14-33(15-17-34)27(38)22(11-12-24(36)41-29(2,3)4)32-26(37)23-19-21(13-18-35)30-25(31-23)20-9-7-6-8-10-20/h6-10,19,22,35H,5,11-18H2,1-4H3,(H,32,37). The number of hydrogen-bond acceptors (Lipinski definition) is 9. The number of piperazine rings is 1. The maximum atomic E-state index is 13.6. The van der Waals surface area contributed by atoms with Gasteiger partial charge in [0.05, 0.1) is 6.61 Å². The van der Waals surface area contributed by atoms with Crippen LogP contribution in [0.4, 0.5) is 4.79 Å². The van der Waals surface area contributed by atoms with Crippen molar-refractivity contribution in [2.75, 3.05) is 39.4 Å². The van der Waals surface area contributed by atoms with Crippen molar-refractivity contribution >= 4 is 23.9 Å². The highest BCUT2D eigenvalue weighted by Crippen LogP contribution is 2.17. The van der Waals surface area contributed by atoms with Gasteiger partial charge < -0.3 is 29.7 Å². The number of ether oxygens (including phenoxy) is 2. The molecular weight excluding hydrogens is 530 g/mol. The first-order valence-corrected chi connectivity index (χ1v) is 13.8. The fourth-order valence-corrected chi connectivity index (χ4v) is 4.26. The Bertz CT molecular complexity index is 1210. The van der Waals surface area contributed by atoms with Crippen LogP contribution in [0.3, 0.4) is 0 Å². The topological polar surface area (TPSA) is 151 Å². The molecule has 1 aromatic heterocycles.